The van der Waals surface area contributed by atoms with Gasteiger partial charge in [0.15, 0.2) is 0 Å². The van der Waals surface area contributed by atoms with Crippen LogP contribution in [0.3, 0.4) is 0 Å². The zero-order valence-corrected chi connectivity index (χ0v) is 6.17. The highest BCUT2D eigenvalue weighted by molar-refractivity contribution is 5.71. The summed E-state index contributed by atoms with van der Waals surface area (Å²) in [7, 11) is 0. The fraction of sp³-hybridized carbons (Fsp3) is 0.375. The molecule has 0 bridgehead atoms. The lowest BCUT2D eigenvalue weighted by Gasteiger charge is -2.05. The molecular weight excluding hydrogens is 128 g/mol. The normalized spacial score (nSPS) is 11.7. The van der Waals surface area contributed by atoms with Crippen LogP contribution in [0, 0.1) is 0 Å². The minimum Gasteiger partial charge on any atom is -0.458 e. The molecule has 0 aromatic rings. The Balaban J connectivity index is 3.56. The number of carbonyl (C=O) groups excluding carboxylic acids is 1. The van der Waals surface area contributed by atoms with Gasteiger partial charge in [-0.15, -0.1) is 6.58 Å². The van der Waals surface area contributed by atoms with Gasteiger partial charge in [-0.2, -0.15) is 0 Å². The maximum Gasteiger partial charge on any atom is 0.310 e. The Morgan fingerprint density at radius 1 is 1.70 bits per heavy atom. The minimum atomic E-state index is -0.262. The second-order valence-corrected chi connectivity index (χ2v) is 1.92. The Kier molecular flexibility index (Phi) is 4.29. The average Bonchev–Trinajstić information content (AvgIpc) is 1.88. The van der Waals surface area contributed by atoms with Crippen molar-refractivity contribution in [2.75, 3.05) is 0 Å². The standard InChI is InChI=1S/C8H12O2/c1-4-6-8(9)10-7(3)5-2/h4-5,7H,1-2,6H2,3H3/t7-/m1/s1. The van der Waals surface area contributed by atoms with Gasteiger partial charge in [-0.05, 0) is 6.92 Å². The fourth-order valence-corrected chi connectivity index (χ4v) is 0.421. The van der Waals surface area contributed by atoms with Gasteiger partial charge in [0.1, 0.15) is 6.10 Å². The smallest absolute Gasteiger partial charge is 0.310 e. The predicted molar refractivity (Wildman–Crippen MR) is 40.6 cm³/mol. The highest BCUT2D eigenvalue weighted by atomic mass is 16.5. The lowest BCUT2D eigenvalue weighted by molar-refractivity contribution is -0.145. The van der Waals surface area contributed by atoms with Crippen molar-refractivity contribution < 1.29 is 9.53 Å². The van der Waals surface area contributed by atoms with Crippen molar-refractivity contribution in [3.8, 4) is 0 Å². The summed E-state index contributed by atoms with van der Waals surface area (Å²) < 4.78 is 4.81. The molecule has 0 rings (SSSR count). The Hall–Kier alpha value is -1.05. The molecule has 1 atom stereocenters. The molecule has 56 valence electrons. The van der Waals surface area contributed by atoms with Gasteiger partial charge in [0.2, 0.25) is 0 Å². The van der Waals surface area contributed by atoms with Crippen molar-refractivity contribution in [1.29, 1.82) is 0 Å². The molecule has 0 amide bonds. The number of carbonyl (C=O) groups is 1. The highest BCUT2D eigenvalue weighted by Crippen LogP contribution is 1.94. The number of hydrogen-bond acceptors (Lipinski definition) is 2. The van der Waals surface area contributed by atoms with Crippen molar-refractivity contribution in [2.45, 2.75) is 19.4 Å². The van der Waals surface area contributed by atoms with Crippen LogP contribution in [-0.4, -0.2) is 12.1 Å². The summed E-state index contributed by atoms with van der Waals surface area (Å²) in [6, 6.07) is 0. The summed E-state index contributed by atoms with van der Waals surface area (Å²) in [5.74, 6) is -0.262. The lowest BCUT2D eigenvalue weighted by atomic mass is 10.4. The first-order valence-electron chi connectivity index (χ1n) is 3.13. The van der Waals surface area contributed by atoms with Gasteiger partial charge in [0.05, 0.1) is 6.42 Å². The van der Waals surface area contributed by atoms with Gasteiger partial charge in [-0.1, -0.05) is 18.7 Å². The van der Waals surface area contributed by atoms with Crippen LogP contribution < -0.4 is 0 Å². The number of esters is 1. The molecule has 0 unspecified atom stereocenters. The molecule has 0 saturated heterocycles. The quantitative estimate of drug-likeness (QED) is 0.438. The molecule has 0 aliphatic rings. The van der Waals surface area contributed by atoms with Gasteiger partial charge < -0.3 is 4.74 Å². The van der Waals surface area contributed by atoms with E-state index in [1.807, 2.05) is 0 Å². The first-order valence-corrected chi connectivity index (χ1v) is 3.13. The topological polar surface area (TPSA) is 26.3 Å². The van der Waals surface area contributed by atoms with E-state index in [0.717, 1.165) is 0 Å². The van der Waals surface area contributed by atoms with E-state index in [4.69, 9.17) is 4.74 Å². The third kappa shape index (κ3) is 3.89. The SMILES string of the molecule is C=CCC(=O)O[C@H](C)C=C. The van der Waals surface area contributed by atoms with Gasteiger partial charge >= 0.3 is 5.97 Å². The molecule has 0 heterocycles. The molecule has 0 fully saturated rings. The van der Waals surface area contributed by atoms with E-state index in [9.17, 15) is 4.79 Å². The van der Waals surface area contributed by atoms with E-state index in [1.54, 1.807) is 13.0 Å². The Morgan fingerprint density at radius 3 is 2.70 bits per heavy atom. The van der Waals surface area contributed by atoms with Crippen LogP contribution in [-0.2, 0) is 9.53 Å². The molecule has 0 radical (unpaired) electrons. The number of rotatable bonds is 4. The molecule has 2 heteroatoms. The fourth-order valence-electron chi connectivity index (χ4n) is 0.421. The minimum absolute atomic E-state index is 0.201. The molecule has 0 spiro atoms. The first kappa shape index (κ1) is 8.95. The van der Waals surface area contributed by atoms with Gasteiger partial charge in [-0.3, -0.25) is 4.79 Å². The Labute approximate surface area is 61.2 Å². The van der Waals surface area contributed by atoms with Crippen LogP contribution in [0.15, 0.2) is 25.3 Å². The maximum absolute atomic E-state index is 10.7. The second kappa shape index (κ2) is 4.79. The molecular formula is C8H12O2. The van der Waals surface area contributed by atoms with Crippen molar-refractivity contribution in [3.05, 3.63) is 25.3 Å². The summed E-state index contributed by atoms with van der Waals surface area (Å²) >= 11 is 0. The van der Waals surface area contributed by atoms with Crippen molar-refractivity contribution >= 4 is 5.97 Å². The van der Waals surface area contributed by atoms with Crippen LogP contribution in [0.1, 0.15) is 13.3 Å². The van der Waals surface area contributed by atoms with Gasteiger partial charge in [0, 0.05) is 0 Å². The summed E-state index contributed by atoms with van der Waals surface area (Å²) in [4.78, 5) is 10.7. The van der Waals surface area contributed by atoms with E-state index in [1.165, 1.54) is 6.08 Å². The lowest BCUT2D eigenvalue weighted by Crippen LogP contribution is -2.10. The summed E-state index contributed by atoms with van der Waals surface area (Å²) in [6.07, 6.45) is 3.14. The molecule has 10 heavy (non-hydrogen) atoms. The third-order valence-electron chi connectivity index (χ3n) is 0.960. The van der Waals surface area contributed by atoms with E-state index >= 15 is 0 Å². The molecule has 0 aliphatic carbocycles. The Morgan fingerprint density at radius 2 is 2.30 bits per heavy atom. The van der Waals surface area contributed by atoms with Crippen LogP contribution >= 0.6 is 0 Å². The van der Waals surface area contributed by atoms with Gasteiger partial charge in [0.25, 0.3) is 0 Å². The largest absolute Gasteiger partial charge is 0.458 e. The van der Waals surface area contributed by atoms with E-state index < -0.39 is 0 Å². The molecule has 0 aromatic carbocycles. The van der Waals surface area contributed by atoms with Crippen molar-refractivity contribution in [3.63, 3.8) is 0 Å². The summed E-state index contributed by atoms with van der Waals surface area (Å²) in [5, 5.41) is 0. The third-order valence-corrected chi connectivity index (χ3v) is 0.960. The molecule has 0 N–H and O–H groups in total. The van der Waals surface area contributed by atoms with Gasteiger partial charge in [-0.25, -0.2) is 0 Å². The van der Waals surface area contributed by atoms with Crippen LogP contribution in [0.25, 0.3) is 0 Å². The van der Waals surface area contributed by atoms with E-state index in [-0.39, 0.29) is 18.5 Å². The second-order valence-electron chi connectivity index (χ2n) is 1.92. The molecule has 2 nitrogen and oxygen atoms in total. The number of hydrogen-bond donors (Lipinski definition) is 0. The monoisotopic (exact) mass is 140 g/mol. The van der Waals surface area contributed by atoms with E-state index in [0.29, 0.717) is 0 Å². The average molecular weight is 140 g/mol. The van der Waals surface area contributed by atoms with E-state index in [2.05, 4.69) is 13.2 Å². The Bertz CT molecular complexity index is 138. The molecule has 0 aromatic heterocycles. The number of ether oxygens (including phenoxy) is 1. The highest BCUT2D eigenvalue weighted by Gasteiger charge is 2.02. The van der Waals surface area contributed by atoms with Crippen LogP contribution in [0.5, 0.6) is 0 Å². The molecule has 0 aliphatic heterocycles. The summed E-state index contributed by atoms with van der Waals surface area (Å²) in [6.45, 7) is 8.64. The van der Waals surface area contributed by atoms with Crippen LogP contribution in [0.4, 0.5) is 0 Å². The molecule has 0 saturated carbocycles. The first-order chi connectivity index (χ1) is 4.70. The van der Waals surface area contributed by atoms with Crippen molar-refractivity contribution in [2.24, 2.45) is 0 Å². The summed E-state index contributed by atoms with van der Waals surface area (Å²) in [5.41, 5.74) is 0. The van der Waals surface area contributed by atoms with Crippen molar-refractivity contribution in [1.82, 2.24) is 0 Å². The maximum atomic E-state index is 10.7. The zero-order chi connectivity index (χ0) is 7.98. The predicted octanol–water partition coefficient (Wildman–Crippen LogP) is 1.68. The van der Waals surface area contributed by atoms with Crippen LogP contribution in [0.2, 0.25) is 0 Å². The zero-order valence-electron chi connectivity index (χ0n) is 6.17.